The van der Waals surface area contributed by atoms with Gasteiger partial charge in [0.2, 0.25) is 0 Å². The molecule has 1 aromatic carbocycles. The lowest BCUT2D eigenvalue weighted by Crippen LogP contribution is -2.12. The van der Waals surface area contributed by atoms with Crippen LogP contribution in [0.1, 0.15) is 36.4 Å². The van der Waals surface area contributed by atoms with Gasteiger partial charge in [0.25, 0.3) is 0 Å². The van der Waals surface area contributed by atoms with Gasteiger partial charge in [-0.3, -0.25) is 4.99 Å². The fourth-order valence-electron chi connectivity index (χ4n) is 3.43. The third-order valence-corrected chi connectivity index (χ3v) is 5.16. The molecule has 1 aliphatic carbocycles. The van der Waals surface area contributed by atoms with E-state index in [-0.39, 0.29) is 23.5 Å². The van der Waals surface area contributed by atoms with Crippen molar-refractivity contribution >= 4 is 17.7 Å². The van der Waals surface area contributed by atoms with Crippen LogP contribution in [0.15, 0.2) is 35.5 Å². The Morgan fingerprint density at radius 1 is 1.14 bits per heavy atom. The summed E-state index contributed by atoms with van der Waals surface area (Å²) in [5.74, 6) is 0.134. The van der Waals surface area contributed by atoms with E-state index in [0.29, 0.717) is 23.4 Å². The molecule has 0 saturated heterocycles. The Morgan fingerprint density at radius 2 is 2.04 bits per heavy atom. The highest BCUT2D eigenvalue weighted by Gasteiger charge is 2.28. The second-order valence-corrected chi connectivity index (χ2v) is 6.92. The van der Waals surface area contributed by atoms with Gasteiger partial charge in [0.15, 0.2) is 11.6 Å². The smallest absolute Gasteiger partial charge is 0.323 e. The Kier molecular flexibility index (Phi) is 3.96. The van der Waals surface area contributed by atoms with E-state index in [1.54, 1.807) is 24.4 Å². The van der Waals surface area contributed by atoms with Gasteiger partial charge in [-0.2, -0.15) is 10.1 Å². The zero-order valence-corrected chi connectivity index (χ0v) is 15.0. The summed E-state index contributed by atoms with van der Waals surface area (Å²) in [4.78, 5) is 12.3. The standard InChI is InChI=1S/C20H17FN6O/c21-18-13(15-10-16-14(26-27-15)6-8-23-16)5-4-12(11-2-1-3-11)19(18)28-20-24-9-7-17(22)25-20/h4-5,7-11H,1-3,6H2,(H2,22,24,25). The Morgan fingerprint density at radius 3 is 2.82 bits per heavy atom. The van der Waals surface area contributed by atoms with E-state index in [9.17, 15) is 0 Å². The molecule has 0 spiro atoms. The molecule has 2 aliphatic rings. The van der Waals surface area contributed by atoms with Crippen molar-refractivity contribution in [3.63, 3.8) is 0 Å². The Labute approximate surface area is 160 Å². The first-order chi connectivity index (χ1) is 13.7. The average molecular weight is 376 g/mol. The molecule has 2 N–H and O–H groups in total. The van der Waals surface area contributed by atoms with Crippen molar-refractivity contribution in [2.45, 2.75) is 31.6 Å². The van der Waals surface area contributed by atoms with Crippen LogP contribution < -0.4 is 10.5 Å². The van der Waals surface area contributed by atoms with Crippen molar-refractivity contribution in [3.8, 4) is 23.0 Å². The molecule has 3 heterocycles. The zero-order valence-electron chi connectivity index (χ0n) is 15.0. The molecular formula is C20H17FN6O. The molecule has 1 aliphatic heterocycles. The van der Waals surface area contributed by atoms with Crippen molar-refractivity contribution < 1.29 is 9.13 Å². The summed E-state index contributed by atoms with van der Waals surface area (Å²) in [5.41, 5.74) is 8.74. The van der Waals surface area contributed by atoms with E-state index in [4.69, 9.17) is 10.5 Å². The number of nitrogens with two attached hydrogens (primary N) is 1. The van der Waals surface area contributed by atoms with Crippen LogP contribution in [0.25, 0.3) is 11.3 Å². The molecule has 0 unspecified atom stereocenters. The number of aromatic nitrogens is 4. The number of nitrogens with zero attached hydrogens (tertiary/aromatic N) is 5. The van der Waals surface area contributed by atoms with Gasteiger partial charge in [0.05, 0.1) is 17.1 Å². The second kappa shape index (κ2) is 6.63. The highest BCUT2D eigenvalue weighted by atomic mass is 19.1. The molecule has 0 atom stereocenters. The summed E-state index contributed by atoms with van der Waals surface area (Å²) in [6, 6.07) is 6.93. The number of fused-ring (bicyclic) bond motifs is 1. The minimum atomic E-state index is -0.508. The van der Waals surface area contributed by atoms with Crippen LogP contribution in [0.2, 0.25) is 0 Å². The number of hydrogen-bond acceptors (Lipinski definition) is 7. The SMILES string of the molecule is Nc1ccnc(Oc2c(C3CCC3)ccc(-c3cc4c(nn3)CC=N4)c2F)n1. The van der Waals surface area contributed by atoms with Crippen LogP contribution in [0.5, 0.6) is 11.8 Å². The van der Waals surface area contributed by atoms with E-state index in [2.05, 4.69) is 25.2 Å². The maximum Gasteiger partial charge on any atom is 0.323 e. The highest BCUT2D eigenvalue weighted by Crippen LogP contribution is 2.45. The van der Waals surface area contributed by atoms with Gasteiger partial charge in [-0.05, 0) is 37.0 Å². The molecule has 2 aromatic heterocycles. The van der Waals surface area contributed by atoms with Crippen LogP contribution in [-0.2, 0) is 6.42 Å². The fourth-order valence-corrected chi connectivity index (χ4v) is 3.43. The van der Waals surface area contributed by atoms with Gasteiger partial charge in [-0.1, -0.05) is 12.5 Å². The van der Waals surface area contributed by atoms with Crippen molar-refractivity contribution in [2.75, 3.05) is 5.73 Å². The van der Waals surface area contributed by atoms with Gasteiger partial charge in [-0.25, -0.2) is 9.37 Å². The van der Waals surface area contributed by atoms with E-state index in [1.165, 1.54) is 6.20 Å². The first-order valence-corrected chi connectivity index (χ1v) is 9.17. The predicted molar refractivity (Wildman–Crippen MR) is 102 cm³/mol. The molecule has 0 radical (unpaired) electrons. The largest absolute Gasteiger partial charge is 0.421 e. The number of rotatable bonds is 4. The topological polar surface area (TPSA) is 99.2 Å². The second-order valence-electron chi connectivity index (χ2n) is 6.92. The Bertz CT molecular complexity index is 1100. The maximum atomic E-state index is 15.6. The van der Waals surface area contributed by atoms with E-state index < -0.39 is 5.82 Å². The lowest BCUT2D eigenvalue weighted by atomic mass is 9.79. The Hall–Kier alpha value is -3.42. The molecule has 7 nitrogen and oxygen atoms in total. The number of hydrogen-bond donors (Lipinski definition) is 1. The normalized spacial score (nSPS) is 15.3. The van der Waals surface area contributed by atoms with E-state index in [1.807, 2.05) is 6.07 Å². The summed E-state index contributed by atoms with van der Waals surface area (Å²) in [6.45, 7) is 0. The first-order valence-electron chi connectivity index (χ1n) is 9.17. The fraction of sp³-hybridized carbons (Fsp3) is 0.250. The first kappa shape index (κ1) is 16.7. The lowest BCUT2D eigenvalue weighted by molar-refractivity contribution is 0.371. The number of anilines is 1. The summed E-state index contributed by atoms with van der Waals surface area (Å²) >= 11 is 0. The minimum Gasteiger partial charge on any atom is -0.421 e. The number of aliphatic imine (C=N–C) groups is 1. The van der Waals surface area contributed by atoms with Crippen molar-refractivity contribution in [1.29, 1.82) is 0 Å². The summed E-state index contributed by atoms with van der Waals surface area (Å²) in [5, 5.41) is 8.34. The van der Waals surface area contributed by atoms with Gasteiger partial charge in [0, 0.05) is 30.0 Å². The van der Waals surface area contributed by atoms with Crippen LogP contribution in [-0.4, -0.2) is 26.4 Å². The highest BCUT2D eigenvalue weighted by molar-refractivity contribution is 5.77. The number of nitrogen functional groups attached to an aromatic ring is 1. The molecule has 140 valence electrons. The molecular weight excluding hydrogens is 359 g/mol. The lowest BCUT2D eigenvalue weighted by Gasteiger charge is -2.28. The van der Waals surface area contributed by atoms with Crippen LogP contribution in [0, 0.1) is 5.82 Å². The summed E-state index contributed by atoms with van der Waals surface area (Å²) < 4.78 is 21.3. The summed E-state index contributed by atoms with van der Waals surface area (Å²) in [6.07, 6.45) is 7.02. The van der Waals surface area contributed by atoms with Crippen LogP contribution in [0.4, 0.5) is 15.9 Å². The van der Waals surface area contributed by atoms with Crippen LogP contribution in [0.3, 0.4) is 0 Å². The summed E-state index contributed by atoms with van der Waals surface area (Å²) in [7, 11) is 0. The molecule has 5 rings (SSSR count). The quantitative estimate of drug-likeness (QED) is 0.739. The Balaban J connectivity index is 1.60. The molecule has 3 aromatic rings. The van der Waals surface area contributed by atoms with Gasteiger partial charge in [-0.15, -0.1) is 5.10 Å². The molecule has 8 heteroatoms. The molecule has 28 heavy (non-hydrogen) atoms. The molecule has 1 saturated carbocycles. The number of benzene rings is 1. The van der Waals surface area contributed by atoms with Crippen molar-refractivity contribution in [2.24, 2.45) is 4.99 Å². The van der Waals surface area contributed by atoms with E-state index >= 15 is 4.39 Å². The van der Waals surface area contributed by atoms with Gasteiger partial charge in [0.1, 0.15) is 5.82 Å². The maximum absolute atomic E-state index is 15.6. The monoisotopic (exact) mass is 376 g/mol. The minimum absolute atomic E-state index is 0.0151. The molecule has 1 fully saturated rings. The molecule has 0 bridgehead atoms. The van der Waals surface area contributed by atoms with E-state index in [0.717, 1.165) is 30.5 Å². The number of halogens is 1. The average Bonchev–Trinajstić information content (AvgIpc) is 3.11. The predicted octanol–water partition coefficient (Wildman–Crippen LogP) is 3.97. The van der Waals surface area contributed by atoms with Crippen LogP contribution >= 0.6 is 0 Å². The van der Waals surface area contributed by atoms with Crippen molar-refractivity contribution in [1.82, 2.24) is 20.2 Å². The zero-order chi connectivity index (χ0) is 19.1. The van der Waals surface area contributed by atoms with Gasteiger partial charge < -0.3 is 10.5 Å². The third kappa shape index (κ3) is 2.87. The van der Waals surface area contributed by atoms with Gasteiger partial charge >= 0.3 is 6.01 Å². The number of ether oxygens (including phenoxy) is 1. The molecule has 0 amide bonds. The third-order valence-electron chi connectivity index (χ3n) is 5.16. The van der Waals surface area contributed by atoms with Crippen molar-refractivity contribution in [3.05, 3.63) is 47.5 Å².